The Labute approximate surface area is 140 Å². The number of sulfonamides is 1. The molecule has 0 unspecified atom stereocenters. The lowest BCUT2D eigenvalue weighted by Gasteiger charge is -2.15. The first-order valence-electron chi connectivity index (χ1n) is 7.04. The van der Waals surface area contributed by atoms with Crippen LogP contribution in [0.2, 0.25) is 0 Å². The Balaban J connectivity index is 1.98. The zero-order chi connectivity index (χ0) is 17.7. The molecule has 0 saturated carbocycles. The van der Waals surface area contributed by atoms with Crippen molar-refractivity contribution in [1.82, 2.24) is 0 Å². The summed E-state index contributed by atoms with van der Waals surface area (Å²) in [5, 5.41) is 7.66. The molecule has 0 heterocycles. The van der Waals surface area contributed by atoms with Crippen molar-refractivity contribution >= 4 is 21.6 Å². The van der Waals surface area contributed by atoms with Crippen LogP contribution in [0.1, 0.15) is 6.92 Å². The summed E-state index contributed by atoms with van der Waals surface area (Å²) >= 11 is 0. The summed E-state index contributed by atoms with van der Waals surface area (Å²) in [7, 11) is -2.20. The number of rotatable bonds is 6. The third kappa shape index (κ3) is 4.71. The molecule has 0 aliphatic rings. The summed E-state index contributed by atoms with van der Waals surface area (Å²) in [5.74, 6) is 0.853. The quantitative estimate of drug-likeness (QED) is 0.825. The number of amides is 1. The van der Waals surface area contributed by atoms with Crippen LogP contribution in [0.15, 0.2) is 53.4 Å². The molecule has 0 saturated heterocycles. The van der Waals surface area contributed by atoms with Crippen LogP contribution in [0.4, 0.5) is 5.69 Å². The molecule has 24 heavy (non-hydrogen) atoms. The number of hydrogen-bond donors (Lipinski definition) is 2. The number of nitrogens with one attached hydrogen (secondary N) is 1. The number of carbonyl (C=O) groups is 1. The minimum atomic E-state index is -3.76. The lowest BCUT2D eigenvalue weighted by atomic mass is 10.3. The molecular weight excluding hydrogens is 332 g/mol. The van der Waals surface area contributed by atoms with Crippen LogP contribution in [0.25, 0.3) is 0 Å². The monoisotopic (exact) mass is 350 g/mol. The molecular formula is C16H18N2O5S. The van der Waals surface area contributed by atoms with Gasteiger partial charge in [-0.1, -0.05) is 0 Å². The average Bonchev–Trinajstić information content (AvgIpc) is 2.55. The number of nitrogens with two attached hydrogens (primary N) is 1. The van der Waals surface area contributed by atoms with Crippen molar-refractivity contribution in [2.45, 2.75) is 17.9 Å². The van der Waals surface area contributed by atoms with E-state index in [0.717, 1.165) is 0 Å². The van der Waals surface area contributed by atoms with Crippen molar-refractivity contribution < 1.29 is 22.7 Å². The van der Waals surface area contributed by atoms with Crippen molar-refractivity contribution in [1.29, 1.82) is 0 Å². The maximum atomic E-state index is 12.1. The van der Waals surface area contributed by atoms with Crippen LogP contribution in [0.3, 0.4) is 0 Å². The van der Waals surface area contributed by atoms with Gasteiger partial charge in [0.25, 0.3) is 5.91 Å². The summed E-state index contributed by atoms with van der Waals surface area (Å²) in [5.41, 5.74) is 0.442. The van der Waals surface area contributed by atoms with Gasteiger partial charge >= 0.3 is 0 Å². The van der Waals surface area contributed by atoms with Gasteiger partial charge in [0.05, 0.1) is 12.0 Å². The predicted octanol–water partition coefficient (Wildman–Crippen LogP) is 1.75. The molecule has 1 amide bonds. The van der Waals surface area contributed by atoms with Gasteiger partial charge in [-0.05, 0) is 55.5 Å². The second-order valence-electron chi connectivity index (χ2n) is 4.99. The lowest BCUT2D eigenvalue weighted by molar-refractivity contribution is -0.122. The average molecular weight is 350 g/mol. The van der Waals surface area contributed by atoms with E-state index in [9.17, 15) is 13.2 Å². The number of carbonyl (C=O) groups excluding carboxylic acids is 1. The lowest BCUT2D eigenvalue weighted by Crippen LogP contribution is -2.30. The molecule has 2 aromatic rings. The number of methoxy groups -OCH3 is 1. The molecule has 0 aliphatic carbocycles. The summed E-state index contributed by atoms with van der Waals surface area (Å²) in [6, 6.07) is 12.4. The smallest absolute Gasteiger partial charge is 0.265 e. The van der Waals surface area contributed by atoms with Crippen molar-refractivity contribution in [2.75, 3.05) is 12.4 Å². The first-order chi connectivity index (χ1) is 11.3. The Bertz CT molecular complexity index is 801. The standard InChI is InChI=1S/C16H18N2O5S/c1-11(23-14-7-5-13(22-2)6-8-14)16(19)18-12-3-9-15(10-4-12)24(17,20)21/h3-11H,1-2H3,(H,18,19)(H2,17,20,21)/t11-/m1/s1. The fourth-order valence-corrected chi connectivity index (χ4v) is 2.40. The molecule has 8 heteroatoms. The maximum absolute atomic E-state index is 12.1. The summed E-state index contributed by atoms with van der Waals surface area (Å²) in [6.45, 7) is 1.61. The Hall–Kier alpha value is -2.58. The highest BCUT2D eigenvalue weighted by Gasteiger charge is 2.15. The van der Waals surface area contributed by atoms with Gasteiger partial charge in [0.2, 0.25) is 10.0 Å². The third-order valence-corrected chi connectivity index (χ3v) is 4.12. The van der Waals surface area contributed by atoms with Gasteiger partial charge < -0.3 is 14.8 Å². The Kier molecular flexibility index (Phi) is 5.42. The van der Waals surface area contributed by atoms with Gasteiger partial charge in [-0.3, -0.25) is 4.79 Å². The second-order valence-corrected chi connectivity index (χ2v) is 6.56. The van der Waals surface area contributed by atoms with Crippen LogP contribution in [-0.4, -0.2) is 27.5 Å². The summed E-state index contributed by atoms with van der Waals surface area (Å²) < 4.78 is 33.0. The van der Waals surface area contributed by atoms with Crippen molar-refractivity contribution in [3.63, 3.8) is 0 Å². The van der Waals surface area contributed by atoms with Crippen LogP contribution < -0.4 is 19.9 Å². The molecule has 0 radical (unpaired) electrons. The number of ether oxygens (including phenoxy) is 2. The molecule has 0 bridgehead atoms. The Morgan fingerprint density at radius 2 is 1.58 bits per heavy atom. The molecule has 2 rings (SSSR count). The van der Waals surface area contributed by atoms with Crippen LogP contribution in [0, 0.1) is 0 Å². The highest BCUT2D eigenvalue weighted by molar-refractivity contribution is 7.89. The number of anilines is 1. The van der Waals surface area contributed by atoms with Gasteiger partial charge in [-0.25, -0.2) is 13.6 Å². The van der Waals surface area contributed by atoms with Gasteiger partial charge in [-0.15, -0.1) is 0 Å². The molecule has 7 nitrogen and oxygen atoms in total. The van der Waals surface area contributed by atoms with E-state index in [-0.39, 0.29) is 10.8 Å². The second kappa shape index (κ2) is 7.33. The fraction of sp³-hybridized carbons (Fsp3) is 0.188. The number of primary sulfonamides is 1. The SMILES string of the molecule is COc1ccc(O[C@H](C)C(=O)Nc2ccc(S(N)(=O)=O)cc2)cc1. The van der Waals surface area contributed by atoms with Crippen LogP contribution >= 0.6 is 0 Å². The number of benzene rings is 2. The highest BCUT2D eigenvalue weighted by Crippen LogP contribution is 2.19. The molecule has 3 N–H and O–H groups in total. The van der Waals surface area contributed by atoms with Crippen molar-refractivity contribution in [2.24, 2.45) is 5.14 Å². The minimum Gasteiger partial charge on any atom is -0.497 e. The van der Waals surface area contributed by atoms with Gasteiger partial charge in [0, 0.05) is 5.69 Å². The fourth-order valence-electron chi connectivity index (χ4n) is 1.88. The van der Waals surface area contributed by atoms with Crippen LogP contribution in [-0.2, 0) is 14.8 Å². The van der Waals surface area contributed by atoms with Gasteiger partial charge in [-0.2, -0.15) is 0 Å². The minimum absolute atomic E-state index is 0.0250. The van der Waals surface area contributed by atoms with Gasteiger partial charge in [0.1, 0.15) is 11.5 Å². The topological polar surface area (TPSA) is 108 Å². The first-order valence-corrected chi connectivity index (χ1v) is 8.58. The highest BCUT2D eigenvalue weighted by atomic mass is 32.2. The summed E-state index contributed by atoms with van der Waals surface area (Å²) in [6.07, 6.45) is -0.740. The molecule has 0 spiro atoms. The molecule has 1 atom stereocenters. The van der Waals surface area contributed by atoms with E-state index in [2.05, 4.69) is 5.32 Å². The first kappa shape index (κ1) is 17.8. The largest absolute Gasteiger partial charge is 0.497 e. The van der Waals surface area contributed by atoms with Gasteiger partial charge in [0.15, 0.2) is 6.10 Å². The predicted molar refractivity (Wildman–Crippen MR) is 89.5 cm³/mol. The van der Waals surface area contributed by atoms with E-state index < -0.39 is 16.1 Å². The van der Waals surface area contributed by atoms with Crippen molar-refractivity contribution in [3.8, 4) is 11.5 Å². The zero-order valence-corrected chi connectivity index (χ0v) is 14.0. The Morgan fingerprint density at radius 1 is 1.04 bits per heavy atom. The third-order valence-electron chi connectivity index (χ3n) is 3.19. The molecule has 0 aromatic heterocycles. The van der Waals surface area contributed by atoms with E-state index in [1.165, 1.54) is 24.3 Å². The Morgan fingerprint density at radius 3 is 2.08 bits per heavy atom. The van der Waals surface area contributed by atoms with Crippen molar-refractivity contribution in [3.05, 3.63) is 48.5 Å². The van der Waals surface area contributed by atoms with E-state index in [1.807, 2.05) is 0 Å². The van der Waals surface area contributed by atoms with E-state index >= 15 is 0 Å². The van der Waals surface area contributed by atoms with E-state index in [0.29, 0.717) is 17.2 Å². The molecule has 0 fully saturated rings. The molecule has 128 valence electrons. The zero-order valence-electron chi connectivity index (χ0n) is 13.2. The summed E-state index contributed by atoms with van der Waals surface area (Å²) in [4.78, 5) is 12.1. The number of hydrogen-bond acceptors (Lipinski definition) is 5. The maximum Gasteiger partial charge on any atom is 0.265 e. The molecule has 2 aromatic carbocycles. The van der Waals surface area contributed by atoms with E-state index in [1.54, 1.807) is 38.3 Å². The van der Waals surface area contributed by atoms with Crippen LogP contribution in [0.5, 0.6) is 11.5 Å². The molecule has 0 aliphatic heterocycles. The normalized spacial score (nSPS) is 12.3. The van der Waals surface area contributed by atoms with E-state index in [4.69, 9.17) is 14.6 Å².